The van der Waals surface area contributed by atoms with E-state index >= 15 is 0 Å². The largest absolute Gasteiger partial charge is 0.454 e. The number of hydrogen-bond donors (Lipinski definition) is 0. The Balaban J connectivity index is 3.68. The molecule has 0 aliphatic rings. The first-order valence-electron chi connectivity index (χ1n) is 3.96. The van der Waals surface area contributed by atoms with E-state index in [1.165, 1.54) is 0 Å². The Kier molecular flexibility index (Phi) is 4.59. The third-order valence-electron chi connectivity index (χ3n) is 1.02. The van der Waals surface area contributed by atoms with E-state index in [1.54, 1.807) is 0 Å². The van der Waals surface area contributed by atoms with Crippen molar-refractivity contribution < 1.29 is 27.1 Å². The molecule has 0 aliphatic heterocycles. The van der Waals surface area contributed by atoms with Crippen LogP contribution in [0.4, 0.5) is 13.2 Å². The van der Waals surface area contributed by atoms with Crippen molar-refractivity contribution in [2.75, 3.05) is 13.2 Å². The summed E-state index contributed by atoms with van der Waals surface area (Å²) in [6, 6.07) is 0. The van der Waals surface area contributed by atoms with Gasteiger partial charge in [-0.1, -0.05) is 0 Å². The lowest BCUT2D eigenvalue weighted by Gasteiger charge is -2.16. The second kappa shape index (κ2) is 4.79. The Labute approximate surface area is 81.3 Å². The quantitative estimate of drug-likeness (QED) is 0.547. The molecule has 0 bridgehead atoms. The zero-order valence-corrected chi connectivity index (χ0v) is 9.27. The van der Waals surface area contributed by atoms with Gasteiger partial charge in [0, 0.05) is 0 Å². The van der Waals surface area contributed by atoms with Crippen molar-refractivity contribution in [2.45, 2.75) is 25.8 Å². The average molecular weight is 230 g/mol. The van der Waals surface area contributed by atoms with Gasteiger partial charge in [-0.3, -0.25) is 0 Å². The van der Waals surface area contributed by atoms with Crippen molar-refractivity contribution in [3.05, 3.63) is 0 Å². The maximum atomic E-state index is 11.6. The molecule has 0 saturated carbocycles. The topological polar surface area (TPSA) is 35.5 Å². The van der Waals surface area contributed by atoms with E-state index in [2.05, 4.69) is 4.74 Å². The fraction of sp³-hybridized carbons (Fsp3) is 0.857. The van der Waals surface area contributed by atoms with Crippen molar-refractivity contribution in [1.82, 2.24) is 0 Å². The zero-order chi connectivity index (χ0) is 11.4. The SMILES string of the molecule is C[Si](C)(C)OCC(=O)OCC(F)(F)F. The predicted octanol–water partition coefficient (Wildman–Crippen LogP) is 1.94. The first kappa shape index (κ1) is 13.4. The molecule has 0 rings (SSSR count). The lowest BCUT2D eigenvalue weighted by Crippen LogP contribution is -2.30. The molecule has 0 aromatic heterocycles. The van der Waals surface area contributed by atoms with Crippen molar-refractivity contribution >= 4 is 14.3 Å². The lowest BCUT2D eigenvalue weighted by molar-refractivity contribution is -0.187. The second-order valence-corrected chi connectivity index (χ2v) is 8.19. The van der Waals surface area contributed by atoms with Crippen molar-refractivity contribution in [1.29, 1.82) is 0 Å². The van der Waals surface area contributed by atoms with E-state index in [4.69, 9.17) is 4.43 Å². The number of ether oxygens (including phenoxy) is 1. The zero-order valence-electron chi connectivity index (χ0n) is 8.27. The highest BCUT2D eigenvalue weighted by Gasteiger charge is 2.29. The molecule has 84 valence electrons. The van der Waals surface area contributed by atoms with Crippen LogP contribution in [0.15, 0.2) is 0 Å². The van der Waals surface area contributed by atoms with E-state index < -0.39 is 33.7 Å². The third-order valence-corrected chi connectivity index (χ3v) is 2.03. The van der Waals surface area contributed by atoms with Crippen LogP contribution < -0.4 is 0 Å². The second-order valence-electron chi connectivity index (χ2n) is 3.68. The Morgan fingerprint density at radius 2 is 1.79 bits per heavy atom. The molecule has 0 N–H and O–H groups in total. The number of carbonyl (C=O) groups excluding carboxylic acids is 1. The van der Waals surface area contributed by atoms with Crippen LogP contribution >= 0.6 is 0 Å². The van der Waals surface area contributed by atoms with Crippen LogP contribution in [0.3, 0.4) is 0 Å². The van der Waals surface area contributed by atoms with Crippen LogP contribution in [0.5, 0.6) is 0 Å². The minimum absolute atomic E-state index is 0.411. The number of alkyl halides is 3. The molecular formula is C7H13F3O3Si. The summed E-state index contributed by atoms with van der Waals surface area (Å²) < 4.78 is 43.7. The Morgan fingerprint density at radius 3 is 2.14 bits per heavy atom. The standard InChI is InChI=1S/C7H13F3O3Si/c1-14(2,3)13-4-6(11)12-5-7(8,9)10/h4-5H2,1-3H3. The highest BCUT2D eigenvalue weighted by atomic mass is 28.4. The van der Waals surface area contributed by atoms with Gasteiger partial charge >= 0.3 is 12.1 Å². The molecule has 14 heavy (non-hydrogen) atoms. The third kappa shape index (κ3) is 9.52. The summed E-state index contributed by atoms with van der Waals surface area (Å²) in [5, 5.41) is 0. The summed E-state index contributed by atoms with van der Waals surface area (Å²) in [6.45, 7) is 3.50. The Hall–Kier alpha value is -0.563. The molecule has 0 aliphatic carbocycles. The van der Waals surface area contributed by atoms with Gasteiger partial charge in [0.05, 0.1) is 0 Å². The van der Waals surface area contributed by atoms with Gasteiger partial charge in [-0.2, -0.15) is 13.2 Å². The van der Waals surface area contributed by atoms with Crippen LogP contribution in [0.25, 0.3) is 0 Å². The molecule has 0 aromatic carbocycles. The number of rotatable bonds is 4. The maximum absolute atomic E-state index is 11.6. The van der Waals surface area contributed by atoms with E-state index in [-0.39, 0.29) is 0 Å². The first-order chi connectivity index (χ1) is 6.10. The van der Waals surface area contributed by atoms with E-state index in [0.717, 1.165) is 0 Å². The minimum Gasteiger partial charge on any atom is -0.454 e. The van der Waals surface area contributed by atoms with Gasteiger partial charge in [-0.15, -0.1) is 0 Å². The van der Waals surface area contributed by atoms with Gasteiger partial charge in [0.15, 0.2) is 14.9 Å². The van der Waals surface area contributed by atoms with E-state index in [9.17, 15) is 18.0 Å². The van der Waals surface area contributed by atoms with Gasteiger partial charge < -0.3 is 9.16 Å². The summed E-state index contributed by atoms with van der Waals surface area (Å²) in [4.78, 5) is 10.7. The molecule has 3 nitrogen and oxygen atoms in total. The number of hydrogen-bond acceptors (Lipinski definition) is 3. The van der Waals surface area contributed by atoms with E-state index in [1.807, 2.05) is 19.6 Å². The Morgan fingerprint density at radius 1 is 1.29 bits per heavy atom. The van der Waals surface area contributed by atoms with Crippen molar-refractivity contribution in [2.24, 2.45) is 0 Å². The highest BCUT2D eigenvalue weighted by molar-refractivity contribution is 6.69. The summed E-state index contributed by atoms with van der Waals surface area (Å²) in [6.07, 6.45) is -4.48. The molecule has 0 unspecified atom stereocenters. The smallest absolute Gasteiger partial charge is 0.422 e. The van der Waals surface area contributed by atoms with Gasteiger partial charge in [0.25, 0.3) is 0 Å². The molecule has 0 aromatic rings. The lowest BCUT2D eigenvalue weighted by atomic mass is 10.7. The molecular weight excluding hydrogens is 217 g/mol. The van der Waals surface area contributed by atoms with Crippen LogP contribution in [0, 0.1) is 0 Å². The summed E-state index contributed by atoms with van der Waals surface area (Å²) in [5.74, 6) is -0.982. The van der Waals surface area contributed by atoms with Gasteiger partial charge in [-0.25, -0.2) is 4.79 Å². The molecule has 0 atom stereocenters. The number of carbonyl (C=O) groups is 1. The summed E-state index contributed by atoms with van der Waals surface area (Å²) >= 11 is 0. The number of halogens is 3. The van der Waals surface area contributed by atoms with Gasteiger partial charge in [-0.05, 0) is 19.6 Å². The van der Waals surface area contributed by atoms with Crippen LogP contribution in [-0.4, -0.2) is 33.7 Å². The monoisotopic (exact) mass is 230 g/mol. The summed E-state index contributed by atoms with van der Waals surface area (Å²) in [5.41, 5.74) is 0. The van der Waals surface area contributed by atoms with Crippen molar-refractivity contribution in [3.8, 4) is 0 Å². The molecule has 0 fully saturated rings. The van der Waals surface area contributed by atoms with Gasteiger partial charge in [0.2, 0.25) is 0 Å². The summed E-state index contributed by atoms with van der Waals surface area (Å²) in [7, 11) is -1.88. The molecule has 0 saturated heterocycles. The van der Waals surface area contributed by atoms with E-state index in [0.29, 0.717) is 0 Å². The fourth-order valence-corrected chi connectivity index (χ4v) is 1.03. The molecule has 0 spiro atoms. The van der Waals surface area contributed by atoms with Crippen molar-refractivity contribution in [3.63, 3.8) is 0 Å². The van der Waals surface area contributed by atoms with Crippen LogP contribution in [-0.2, 0) is 14.0 Å². The normalized spacial score (nSPS) is 12.7. The average Bonchev–Trinajstić information content (AvgIpc) is 1.94. The first-order valence-corrected chi connectivity index (χ1v) is 7.37. The predicted molar refractivity (Wildman–Crippen MR) is 46.3 cm³/mol. The maximum Gasteiger partial charge on any atom is 0.422 e. The number of esters is 1. The highest BCUT2D eigenvalue weighted by Crippen LogP contribution is 2.14. The van der Waals surface area contributed by atoms with Gasteiger partial charge in [0.1, 0.15) is 6.61 Å². The fourth-order valence-electron chi connectivity index (χ4n) is 0.479. The Bertz CT molecular complexity index is 177. The molecule has 0 amide bonds. The molecule has 0 radical (unpaired) electrons. The molecule has 7 heteroatoms. The van der Waals surface area contributed by atoms with Crippen LogP contribution in [0.1, 0.15) is 0 Å². The van der Waals surface area contributed by atoms with Crippen LogP contribution in [0.2, 0.25) is 19.6 Å². The molecule has 0 heterocycles. The minimum atomic E-state index is -4.48.